The molecule has 1 aromatic rings. The fourth-order valence-corrected chi connectivity index (χ4v) is 2.24. The third-order valence-corrected chi connectivity index (χ3v) is 3.39. The van der Waals surface area contributed by atoms with Gasteiger partial charge in [-0.15, -0.1) is 0 Å². The standard InChI is InChI=1S/C18H31NO/c1-6-9-15(2)20-14-17-11-8-7-10-16(17)12-13-19-18(3,4)5/h7-8,10-11,15,19H,6,9,12-14H2,1-5H3. The highest BCUT2D eigenvalue weighted by Gasteiger charge is 2.09. The molecule has 0 radical (unpaired) electrons. The molecule has 0 aliphatic rings. The van der Waals surface area contributed by atoms with Crippen molar-refractivity contribution in [2.75, 3.05) is 6.54 Å². The SMILES string of the molecule is CCCC(C)OCc1ccccc1CCNC(C)(C)C. The van der Waals surface area contributed by atoms with Gasteiger partial charge in [-0.1, -0.05) is 37.6 Å². The molecule has 1 atom stereocenters. The van der Waals surface area contributed by atoms with Gasteiger partial charge in [0.15, 0.2) is 0 Å². The summed E-state index contributed by atoms with van der Waals surface area (Å²) in [4.78, 5) is 0. The molecule has 114 valence electrons. The predicted molar refractivity (Wildman–Crippen MR) is 87.1 cm³/mol. The second-order valence-electron chi connectivity index (χ2n) is 6.61. The Morgan fingerprint density at radius 1 is 1.15 bits per heavy atom. The first-order valence-corrected chi connectivity index (χ1v) is 7.86. The van der Waals surface area contributed by atoms with Crippen LogP contribution in [0.1, 0.15) is 58.6 Å². The second-order valence-corrected chi connectivity index (χ2v) is 6.61. The Hall–Kier alpha value is -0.860. The minimum Gasteiger partial charge on any atom is -0.374 e. The summed E-state index contributed by atoms with van der Waals surface area (Å²) in [5, 5.41) is 3.54. The molecule has 2 nitrogen and oxygen atoms in total. The van der Waals surface area contributed by atoms with E-state index < -0.39 is 0 Å². The van der Waals surface area contributed by atoms with Crippen LogP contribution in [0.2, 0.25) is 0 Å². The van der Waals surface area contributed by atoms with E-state index in [1.165, 1.54) is 17.5 Å². The van der Waals surface area contributed by atoms with Gasteiger partial charge in [-0.3, -0.25) is 0 Å². The summed E-state index contributed by atoms with van der Waals surface area (Å²) in [6.07, 6.45) is 3.71. The molecule has 20 heavy (non-hydrogen) atoms. The van der Waals surface area contributed by atoms with Crippen LogP contribution in [0.4, 0.5) is 0 Å². The maximum Gasteiger partial charge on any atom is 0.0723 e. The van der Waals surface area contributed by atoms with Gasteiger partial charge in [0.25, 0.3) is 0 Å². The van der Waals surface area contributed by atoms with Gasteiger partial charge in [0.1, 0.15) is 0 Å². The lowest BCUT2D eigenvalue weighted by Gasteiger charge is -2.21. The number of benzene rings is 1. The first-order valence-electron chi connectivity index (χ1n) is 7.86. The zero-order chi connectivity index (χ0) is 15.0. The van der Waals surface area contributed by atoms with Crippen molar-refractivity contribution in [2.45, 2.75) is 72.1 Å². The van der Waals surface area contributed by atoms with Crippen molar-refractivity contribution < 1.29 is 4.74 Å². The smallest absolute Gasteiger partial charge is 0.0723 e. The van der Waals surface area contributed by atoms with E-state index in [4.69, 9.17) is 4.74 Å². The number of hydrogen-bond donors (Lipinski definition) is 1. The van der Waals surface area contributed by atoms with E-state index in [1.54, 1.807) is 0 Å². The number of hydrogen-bond acceptors (Lipinski definition) is 2. The van der Waals surface area contributed by atoms with Crippen molar-refractivity contribution >= 4 is 0 Å². The van der Waals surface area contributed by atoms with Crippen molar-refractivity contribution in [3.8, 4) is 0 Å². The first-order chi connectivity index (χ1) is 9.42. The number of ether oxygens (including phenoxy) is 1. The summed E-state index contributed by atoms with van der Waals surface area (Å²) in [6, 6.07) is 8.62. The highest BCUT2D eigenvalue weighted by Crippen LogP contribution is 2.13. The van der Waals surface area contributed by atoms with Gasteiger partial charge in [-0.05, 0) is 58.2 Å². The van der Waals surface area contributed by atoms with Crippen LogP contribution in [0.5, 0.6) is 0 Å². The van der Waals surface area contributed by atoms with Gasteiger partial charge in [0.05, 0.1) is 12.7 Å². The lowest BCUT2D eigenvalue weighted by atomic mass is 10.0. The molecule has 0 saturated heterocycles. The van der Waals surface area contributed by atoms with Gasteiger partial charge < -0.3 is 10.1 Å². The average molecular weight is 277 g/mol. The summed E-state index contributed by atoms with van der Waals surface area (Å²) >= 11 is 0. The lowest BCUT2D eigenvalue weighted by Crippen LogP contribution is -2.37. The van der Waals surface area contributed by atoms with Crippen LogP contribution >= 0.6 is 0 Å². The maximum atomic E-state index is 5.94. The summed E-state index contributed by atoms with van der Waals surface area (Å²) in [5.41, 5.74) is 2.90. The molecule has 1 aromatic carbocycles. The third-order valence-electron chi connectivity index (χ3n) is 3.39. The first kappa shape index (κ1) is 17.2. The van der Waals surface area contributed by atoms with Gasteiger partial charge in [0.2, 0.25) is 0 Å². The normalized spacial score (nSPS) is 13.4. The largest absolute Gasteiger partial charge is 0.374 e. The minimum absolute atomic E-state index is 0.182. The molecule has 0 saturated carbocycles. The molecule has 0 aliphatic carbocycles. The molecule has 0 aromatic heterocycles. The number of rotatable bonds is 8. The van der Waals surface area contributed by atoms with Crippen LogP contribution in [0.3, 0.4) is 0 Å². The summed E-state index contributed by atoms with van der Waals surface area (Å²) < 4.78 is 5.94. The van der Waals surface area contributed by atoms with Crippen molar-refractivity contribution in [2.24, 2.45) is 0 Å². The molecule has 0 fully saturated rings. The lowest BCUT2D eigenvalue weighted by molar-refractivity contribution is 0.0468. The van der Waals surface area contributed by atoms with Crippen LogP contribution in [0, 0.1) is 0 Å². The molecule has 0 bridgehead atoms. The van der Waals surface area contributed by atoms with Gasteiger partial charge in [-0.25, -0.2) is 0 Å². The Bertz CT molecular complexity index is 381. The Labute approximate surface area is 124 Å². The fourth-order valence-electron chi connectivity index (χ4n) is 2.24. The number of nitrogens with one attached hydrogen (secondary N) is 1. The molecule has 1 rings (SSSR count). The van der Waals surface area contributed by atoms with E-state index in [1.807, 2.05) is 0 Å². The Morgan fingerprint density at radius 3 is 2.40 bits per heavy atom. The Balaban J connectivity index is 2.50. The van der Waals surface area contributed by atoms with Crippen LogP contribution in [-0.2, 0) is 17.8 Å². The summed E-state index contributed by atoms with van der Waals surface area (Å²) in [5.74, 6) is 0. The van der Waals surface area contributed by atoms with E-state index in [9.17, 15) is 0 Å². The zero-order valence-electron chi connectivity index (χ0n) is 13.8. The van der Waals surface area contributed by atoms with Crippen LogP contribution in [0.25, 0.3) is 0 Å². The van der Waals surface area contributed by atoms with Crippen LogP contribution in [0.15, 0.2) is 24.3 Å². The molecule has 1 unspecified atom stereocenters. The minimum atomic E-state index is 0.182. The highest BCUT2D eigenvalue weighted by atomic mass is 16.5. The van der Waals surface area contributed by atoms with Crippen molar-refractivity contribution in [1.29, 1.82) is 0 Å². The molecule has 0 heterocycles. The van der Waals surface area contributed by atoms with Crippen molar-refractivity contribution in [3.63, 3.8) is 0 Å². The zero-order valence-corrected chi connectivity index (χ0v) is 13.8. The van der Waals surface area contributed by atoms with E-state index in [-0.39, 0.29) is 5.54 Å². The quantitative estimate of drug-likeness (QED) is 0.764. The molecular formula is C18H31NO. The van der Waals surface area contributed by atoms with E-state index >= 15 is 0 Å². The van der Waals surface area contributed by atoms with Crippen molar-refractivity contribution in [1.82, 2.24) is 5.32 Å². The Morgan fingerprint density at radius 2 is 1.80 bits per heavy atom. The monoisotopic (exact) mass is 277 g/mol. The molecular weight excluding hydrogens is 246 g/mol. The average Bonchev–Trinajstić information content (AvgIpc) is 2.36. The van der Waals surface area contributed by atoms with Crippen molar-refractivity contribution in [3.05, 3.63) is 35.4 Å². The van der Waals surface area contributed by atoms with E-state index in [0.29, 0.717) is 6.10 Å². The second kappa shape index (κ2) is 8.43. The fraction of sp³-hybridized carbons (Fsp3) is 0.667. The Kier molecular flexibility index (Phi) is 7.25. The topological polar surface area (TPSA) is 21.3 Å². The van der Waals surface area contributed by atoms with E-state index in [2.05, 4.69) is 64.2 Å². The summed E-state index contributed by atoms with van der Waals surface area (Å²) in [7, 11) is 0. The van der Waals surface area contributed by atoms with Crippen LogP contribution in [-0.4, -0.2) is 18.2 Å². The van der Waals surface area contributed by atoms with Gasteiger partial charge in [0, 0.05) is 5.54 Å². The maximum absolute atomic E-state index is 5.94. The molecule has 0 spiro atoms. The molecule has 0 amide bonds. The highest BCUT2D eigenvalue weighted by molar-refractivity contribution is 5.26. The van der Waals surface area contributed by atoms with Crippen LogP contribution < -0.4 is 5.32 Å². The summed E-state index contributed by atoms with van der Waals surface area (Å²) in [6.45, 7) is 12.7. The molecule has 1 N–H and O–H groups in total. The predicted octanol–water partition coefficient (Wildman–Crippen LogP) is 4.32. The van der Waals surface area contributed by atoms with E-state index in [0.717, 1.165) is 26.0 Å². The third kappa shape index (κ3) is 7.06. The molecule has 0 aliphatic heterocycles. The van der Waals surface area contributed by atoms with Gasteiger partial charge in [-0.2, -0.15) is 0 Å². The molecule has 2 heteroatoms. The van der Waals surface area contributed by atoms with Gasteiger partial charge >= 0.3 is 0 Å².